The predicted octanol–water partition coefficient (Wildman–Crippen LogP) is 1.75. The zero-order valence-corrected chi connectivity index (χ0v) is 14.6. The number of rotatable bonds is 2. The van der Waals surface area contributed by atoms with Gasteiger partial charge in [0.2, 0.25) is 5.91 Å². The van der Waals surface area contributed by atoms with E-state index >= 15 is 0 Å². The molecule has 2 aliphatic heterocycles. The predicted molar refractivity (Wildman–Crippen MR) is 92.1 cm³/mol. The number of hydrogen-bond donors (Lipinski definition) is 2. The van der Waals surface area contributed by atoms with E-state index in [1.807, 2.05) is 0 Å². The van der Waals surface area contributed by atoms with Crippen LogP contribution in [-0.4, -0.2) is 65.4 Å². The number of piperazine rings is 1. The van der Waals surface area contributed by atoms with E-state index < -0.39 is 17.5 Å². The first-order valence-electron chi connectivity index (χ1n) is 8.44. The minimum atomic E-state index is -0.855. The maximum absolute atomic E-state index is 14.6. The van der Waals surface area contributed by atoms with Crippen molar-refractivity contribution in [3.63, 3.8) is 0 Å². The number of fused-ring (bicyclic) bond motifs is 1. The van der Waals surface area contributed by atoms with E-state index in [4.69, 9.17) is 11.6 Å². The summed E-state index contributed by atoms with van der Waals surface area (Å²) in [5, 5.41) is 2.59. The minimum Gasteiger partial charge on any atom is -0.348 e. The molecule has 1 atom stereocenters. The number of H-pyrrole nitrogens is 1. The highest BCUT2D eigenvalue weighted by atomic mass is 35.5. The molecule has 0 unspecified atom stereocenters. The van der Waals surface area contributed by atoms with Crippen LogP contribution in [0.15, 0.2) is 12.1 Å². The Hall–Kier alpha value is -2.19. The lowest BCUT2D eigenvalue weighted by Crippen LogP contribution is -2.59. The first-order valence-corrected chi connectivity index (χ1v) is 8.82. The molecule has 0 spiro atoms. The molecule has 2 fully saturated rings. The van der Waals surface area contributed by atoms with Gasteiger partial charge in [-0.15, -0.1) is 0 Å². The van der Waals surface area contributed by atoms with E-state index in [9.17, 15) is 18.4 Å². The summed E-state index contributed by atoms with van der Waals surface area (Å²) >= 11 is 5.83. The Morgan fingerprint density at radius 3 is 2.38 bits per heavy atom. The van der Waals surface area contributed by atoms with Crippen molar-refractivity contribution in [3.8, 4) is 0 Å². The van der Waals surface area contributed by atoms with Crippen LogP contribution in [0.25, 0.3) is 10.9 Å². The lowest BCUT2D eigenvalue weighted by atomic mass is 10.1. The van der Waals surface area contributed by atoms with Crippen LogP contribution in [0.2, 0.25) is 5.02 Å². The van der Waals surface area contributed by atoms with Crippen LogP contribution in [0.5, 0.6) is 0 Å². The second-order valence-electron chi connectivity index (χ2n) is 6.51. The fraction of sp³-hybridized carbons (Fsp3) is 0.412. The summed E-state index contributed by atoms with van der Waals surface area (Å²) in [7, 11) is 0. The third-order valence-corrected chi connectivity index (χ3v) is 5.38. The number of carbonyl (C=O) groups excluding carboxylic acids is 2. The molecule has 2 amide bonds. The molecular formula is C17H17ClF2N4O2. The largest absolute Gasteiger partial charge is 0.348 e. The van der Waals surface area contributed by atoms with Crippen LogP contribution in [0.3, 0.4) is 0 Å². The Morgan fingerprint density at radius 2 is 1.77 bits per heavy atom. The highest BCUT2D eigenvalue weighted by Gasteiger charge is 2.33. The zero-order chi connectivity index (χ0) is 18.4. The second kappa shape index (κ2) is 6.51. The van der Waals surface area contributed by atoms with Crippen molar-refractivity contribution in [1.29, 1.82) is 0 Å². The van der Waals surface area contributed by atoms with Crippen LogP contribution in [-0.2, 0) is 4.79 Å². The van der Waals surface area contributed by atoms with Crippen LogP contribution in [0.4, 0.5) is 8.78 Å². The maximum atomic E-state index is 14.6. The van der Waals surface area contributed by atoms with Gasteiger partial charge in [-0.05, 0) is 25.1 Å². The van der Waals surface area contributed by atoms with Crippen LogP contribution in [0, 0.1) is 11.6 Å². The van der Waals surface area contributed by atoms with Crippen molar-refractivity contribution in [2.75, 3.05) is 32.7 Å². The van der Waals surface area contributed by atoms with Crippen LogP contribution in [0.1, 0.15) is 16.9 Å². The summed E-state index contributed by atoms with van der Waals surface area (Å²) in [6.07, 6.45) is 0.829. The summed E-state index contributed by atoms with van der Waals surface area (Å²) in [5.74, 6) is -2.08. The zero-order valence-electron chi connectivity index (χ0n) is 13.8. The number of nitrogens with zero attached hydrogens (tertiary/aromatic N) is 2. The molecule has 0 saturated carbocycles. The van der Waals surface area contributed by atoms with Crippen molar-refractivity contribution < 1.29 is 18.4 Å². The SMILES string of the molecule is O=C(c1[nH]c2ccc(F)c(Cl)c2c1F)N1CCN(C(=O)[C@H]2CCN2)CC1. The summed E-state index contributed by atoms with van der Waals surface area (Å²) in [6, 6.07) is 2.34. The average Bonchev–Trinajstić information content (AvgIpc) is 2.93. The fourth-order valence-electron chi connectivity index (χ4n) is 3.34. The van der Waals surface area contributed by atoms with Crippen molar-refractivity contribution >= 4 is 34.3 Å². The molecule has 2 aromatic rings. The van der Waals surface area contributed by atoms with E-state index in [2.05, 4.69) is 10.3 Å². The Bertz CT molecular complexity index is 889. The number of aromatic nitrogens is 1. The molecular weight excluding hydrogens is 366 g/mol. The topological polar surface area (TPSA) is 68.4 Å². The van der Waals surface area contributed by atoms with Gasteiger partial charge in [0.25, 0.3) is 5.91 Å². The van der Waals surface area contributed by atoms with Gasteiger partial charge in [-0.25, -0.2) is 8.78 Å². The normalized spacial score (nSPS) is 20.3. The maximum Gasteiger partial charge on any atom is 0.273 e. The Balaban J connectivity index is 1.50. The van der Waals surface area contributed by atoms with Gasteiger partial charge in [0.05, 0.1) is 22.0 Å². The molecule has 0 bridgehead atoms. The monoisotopic (exact) mass is 382 g/mol. The third kappa shape index (κ3) is 2.73. The van der Waals surface area contributed by atoms with Gasteiger partial charge < -0.3 is 20.1 Å². The fourth-order valence-corrected chi connectivity index (χ4v) is 3.59. The van der Waals surface area contributed by atoms with Crippen molar-refractivity contribution in [2.24, 2.45) is 0 Å². The molecule has 4 rings (SSSR count). The van der Waals surface area contributed by atoms with E-state index in [0.29, 0.717) is 26.2 Å². The number of benzene rings is 1. The van der Waals surface area contributed by atoms with E-state index in [-0.39, 0.29) is 33.6 Å². The minimum absolute atomic E-state index is 0.0439. The summed E-state index contributed by atoms with van der Waals surface area (Å²) in [4.78, 5) is 30.8. The first kappa shape index (κ1) is 17.2. The van der Waals surface area contributed by atoms with Crippen molar-refractivity contribution in [1.82, 2.24) is 20.1 Å². The van der Waals surface area contributed by atoms with Gasteiger partial charge in [0.1, 0.15) is 11.5 Å². The summed E-state index contributed by atoms with van der Waals surface area (Å²) in [6.45, 7) is 2.28. The first-order chi connectivity index (χ1) is 12.5. The van der Waals surface area contributed by atoms with Gasteiger partial charge in [-0.2, -0.15) is 0 Å². The molecule has 1 aromatic heterocycles. The molecule has 0 radical (unpaired) electrons. The van der Waals surface area contributed by atoms with Crippen molar-refractivity contribution in [3.05, 3.63) is 34.5 Å². The number of nitrogens with one attached hydrogen (secondary N) is 2. The highest BCUT2D eigenvalue weighted by Crippen LogP contribution is 2.31. The summed E-state index contributed by atoms with van der Waals surface area (Å²) < 4.78 is 28.2. The smallest absolute Gasteiger partial charge is 0.273 e. The van der Waals surface area contributed by atoms with Crippen LogP contribution < -0.4 is 5.32 Å². The molecule has 138 valence electrons. The molecule has 3 heterocycles. The number of halogens is 3. The quantitative estimate of drug-likeness (QED) is 0.831. The molecule has 2 saturated heterocycles. The number of hydrogen-bond acceptors (Lipinski definition) is 3. The number of aromatic amines is 1. The Labute approximate surface area is 153 Å². The standard InChI is InChI=1S/C17H17ClF2N4O2/c18-13-9(19)1-2-10-12(13)14(20)15(22-10)17(26)24-7-5-23(6-8-24)16(25)11-3-4-21-11/h1-2,11,21-22H,3-8H2/t11-/m1/s1. The lowest BCUT2D eigenvalue weighted by Gasteiger charge is -2.38. The third-order valence-electron chi connectivity index (χ3n) is 5.01. The van der Waals surface area contributed by atoms with E-state index in [1.54, 1.807) is 4.90 Å². The second-order valence-corrected chi connectivity index (χ2v) is 6.89. The van der Waals surface area contributed by atoms with Gasteiger partial charge >= 0.3 is 0 Å². The van der Waals surface area contributed by atoms with Gasteiger partial charge in [0, 0.05) is 26.2 Å². The van der Waals surface area contributed by atoms with Crippen molar-refractivity contribution in [2.45, 2.75) is 12.5 Å². The average molecular weight is 383 g/mol. The molecule has 0 aliphatic carbocycles. The van der Waals surface area contributed by atoms with E-state index in [0.717, 1.165) is 19.0 Å². The Kier molecular flexibility index (Phi) is 4.32. The molecule has 2 aliphatic rings. The highest BCUT2D eigenvalue weighted by molar-refractivity contribution is 6.35. The lowest BCUT2D eigenvalue weighted by molar-refractivity contribution is -0.136. The van der Waals surface area contributed by atoms with Gasteiger partial charge in [0.15, 0.2) is 5.82 Å². The van der Waals surface area contributed by atoms with Gasteiger partial charge in [-0.1, -0.05) is 11.6 Å². The molecule has 26 heavy (non-hydrogen) atoms. The molecule has 2 N–H and O–H groups in total. The van der Waals surface area contributed by atoms with Gasteiger partial charge in [-0.3, -0.25) is 9.59 Å². The number of carbonyl (C=O) groups is 2. The molecule has 1 aromatic carbocycles. The van der Waals surface area contributed by atoms with Crippen LogP contribution >= 0.6 is 11.6 Å². The summed E-state index contributed by atoms with van der Waals surface area (Å²) in [5.41, 5.74) is 0.0232. The van der Waals surface area contributed by atoms with E-state index in [1.165, 1.54) is 11.0 Å². The Morgan fingerprint density at radius 1 is 1.12 bits per heavy atom. The number of amides is 2. The molecule has 6 nitrogen and oxygen atoms in total. The molecule has 9 heteroatoms.